The first kappa shape index (κ1) is 16.4. The van der Waals surface area contributed by atoms with Crippen LogP contribution in [0.25, 0.3) is 0 Å². The minimum Gasteiger partial charge on any atom is -0.326 e. The summed E-state index contributed by atoms with van der Waals surface area (Å²) in [6.45, 7) is 0. The van der Waals surface area contributed by atoms with Crippen LogP contribution in [-0.2, 0) is 14.8 Å². The summed E-state index contributed by atoms with van der Waals surface area (Å²) < 4.78 is 53.1. The molecule has 0 heterocycles. The number of hydrogen-bond acceptors (Lipinski definition) is 3. The van der Waals surface area contributed by atoms with Crippen molar-refractivity contribution in [3.05, 3.63) is 54.1 Å². The molecule has 1 saturated carbocycles. The van der Waals surface area contributed by atoms with E-state index >= 15 is 0 Å². The second-order valence-electron chi connectivity index (χ2n) is 5.55. The van der Waals surface area contributed by atoms with E-state index in [0.717, 1.165) is 25.0 Å². The van der Waals surface area contributed by atoms with Gasteiger partial charge in [-0.25, -0.2) is 17.2 Å². The molecule has 1 aliphatic rings. The Morgan fingerprint density at radius 2 is 1.62 bits per heavy atom. The molecule has 0 aliphatic heterocycles. The Balaban J connectivity index is 1.80. The van der Waals surface area contributed by atoms with Crippen LogP contribution >= 0.6 is 0 Å². The first-order valence-corrected chi connectivity index (χ1v) is 8.72. The standard InChI is InChI=1S/C16H14F2N2O3S/c17-11-6-12(18)8-15(7-11)24(22,23)20-14-3-1-2-13(9-14)19-16(21)10-4-5-10/h1-3,6-10,20H,4-5H2,(H,19,21). The van der Waals surface area contributed by atoms with Crippen LogP contribution in [-0.4, -0.2) is 14.3 Å². The zero-order valence-electron chi connectivity index (χ0n) is 12.4. The lowest BCUT2D eigenvalue weighted by molar-refractivity contribution is -0.117. The first-order chi connectivity index (χ1) is 11.3. The van der Waals surface area contributed by atoms with Crippen molar-refractivity contribution >= 4 is 27.3 Å². The molecule has 3 rings (SSSR count). The highest BCUT2D eigenvalue weighted by Gasteiger charge is 2.29. The Morgan fingerprint density at radius 1 is 1.00 bits per heavy atom. The van der Waals surface area contributed by atoms with Gasteiger partial charge >= 0.3 is 0 Å². The third kappa shape index (κ3) is 3.88. The van der Waals surface area contributed by atoms with Gasteiger partial charge in [0.1, 0.15) is 11.6 Å². The molecule has 0 saturated heterocycles. The molecule has 0 atom stereocenters. The monoisotopic (exact) mass is 352 g/mol. The summed E-state index contributed by atoms with van der Waals surface area (Å²) in [6, 6.07) is 8.14. The number of carbonyl (C=O) groups excluding carboxylic acids is 1. The molecule has 126 valence electrons. The lowest BCUT2D eigenvalue weighted by Gasteiger charge is -2.10. The van der Waals surface area contributed by atoms with E-state index < -0.39 is 26.6 Å². The molecule has 24 heavy (non-hydrogen) atoms. The molecule has 2 aromatic rings. The van der Waals surface area contributed by atoms with E-state index in [1.807, 2.05) is 0 Å². The van der Waals surface area contributed by atoms with Crippen molar-refractivity contribution in [2.24, 2.45) is 5.92 Å². The Morgan fingerprint density at radius 3 is 2.25 bits per heavy atom. The number of nitrogens with one attached hydrogen (secondary N) is 2. The number of halogens is 2. The fourth-order valence-electron chi connectivity index (χ4n) is 2.15. The van der Waals surface area contributed by atoms with Gasteiger partial charge in [-0.3, -0.25) is 9.52 Å². The second-order valence-corrected chi connectivity index (χ2v) is 7.24. The summed E-state index contributed by atoms with van der Waals surface area (Å²) in [4.78, 5) is 11.2. The van der Waals surface area contributed by atoms with Crippen molar-refractivity contribution in [1.82, 2.24) is 0 Å². The molecule has 1 amide bonds. The maximum absolute atomic E-state index is 13.2. The molecule has 5 nitrogen and oxygen atoms in total. The molecule has 1 aliphatic carbocycles. The lowest BCUT2D eigenvalue weighted by atomic mass is 10.2. The van der Waals surface area contributed by atoms with Gasteiger partial charge in [0.05, 0.1) is 10.6 Å². The van der Waals surface area contributed by atoms with Crippen LogP contribution in [0.3, 0.4) is 0 Å². The Bertz CT molecular complexity index is 876. The highest BCUT2D eigenvalue weighted by molar-refractivity contribution is 7.92. The summed E-state index contributed by atoms with van der Waals surface area (Å²) in [5.41, 5.74) is 0.616. The molecule has 1 fully saturated rings. The van der Waals surface area contributed by atoms with Crippen LogP contribution in [0.2, 0.25) is 0 Å². The highest BCUT2D eigenvalue weighted by atomic mass is 32.2. The molecule has 8 heteroatoms. The summed E-state index contributed by atoms with van der Waals surface area (Å²) in [5, 5.41) is 2.69. The number of benzene rings is 2. The van der Waals surface area contributed by atoms with Crippen molar-refractivity contribution in [2.75, 3.05) is 10.0 Å². The van der Waals surface area contributed by atoms with Crippen molar-refractivity contribution in [3.8, 4) is 0 Å². The van der Waals surface area contributed by atoms with Gasteiger partial charge in [-0.05, 0) is 43.2 Å². The predicted molar refractivity (Wildman–Crippen MR) is 85.0 cm³/mol. The molecule has 2 N–H and O–H groups in total. The quantitative estimate of drug-likeness (QED) is 0.868. The maximum Gasteiger partial charge on any atom is 0.262 e. The van der Waals surface area contributed by atoms with Gasteiger partial charge in [0.25, 0.3) is 10.0 Å². The lowest BCUT2D eigenvalue weighted by Crippen LogP contribution is -2.15. The van der Waals surface area contributed by atoms with Gasteiger partial charge in [-0.1, -0.05) is 6.07 Å². The van der Waals surface area contributed by atoms with E-state index in [-0.39, 0.29) is 17.5 Å². The number of anilines is 2. The van der Waals surface area contributed by atoms with Gasteiger partial charge in [-0.15, -0.1) is 0 Å². The number of amides is 1. The Labute approximate surface area is 137 Å². The van der Waals surface area contributed by atoms with Gasteiger partial charge in [0, 0.05) is 17.7 Å². The van der Waals surface area contributed by atoms with Gasteiger partial charge in [-0.2, -0.15) is 0 Å². The number of hydrogen-bond donors (Lipinski definition) is 2. The fourth-order valence-corrected chi connectivity index (χ4v) is 3.24. The SMILES string of the molecule is O=C(Nc1cccc(NS(=O)(=O)c2cc(F)cc(F)c2)c1)C1CC1. The smallest absolute Gasteiger partial charge is 0.262 e. The summed E-state index contributed by atoms with van der Waals surface area (Å²) in [7, 11) is -4.15. The van der Waals surface area contributed by atoms with Crippen molar-refractivity contribution < 1.29 is 22.0 Å². The topological polar surface area (TPSA) is 75.3 Å². The van der Waals surface area contributed by atoms with E-state index in [4.69, 9.17) is 0 Å². The predicted octanol–water partition coefficient (Wildman–Crippen LogP) is 3.11. The van der Waals surface area contributed by atoms with E-state index in [2.05, 4.69) is 10.0 Å². The van der Waals surface area contributed by atoms with Gasteiger partial charge in [0.15, 0.2) is 0 Å². The van der Waals surface area contributed by atoms with Crippen LogP contribution in [0.1, 0.15) is 12.8 Å². The Hall–Kier alpha value is -2.48. The van der Waals surface area contributed by atoms with Crippen LogP contribution in [0.15, 0.2) is 47.4 Å². The molecular formula is C16H14F2N2O3S. The number of carbonyl (C=O) groups is 1. The normalized spacial score (nSPS) is 14.2. The minimum absolute atomic E-state index is 0.0145. The summed E-state index contributed by atoms with van der Waals surface area (Å²) >= 11 is 0. The second kappa shape index (κ2) is 6.20. The van der Waals surface area contributed by atoms with Crippen LogP contribution in [0.4, 0.5) is 20.2 Å². The van der Waals surface area contributed by atoms with Crippen molar-refractivity contribution in [3.63, 3.8) is 0 Å². The first-order valence-electron chi connectivity index (χ1n) is 7.23. The minimum atomic E-state index is -4.15. The van der Waals surface area contributed by atoms with E-state index in [1.165, 1.54) is 12.1 Å². The summed E-state index contributed by atoms with van der Waals surface area (Å²) in [5.74, 6) is -2.07. The fraction of sp³-hybridized carbons (Fsp3) is 0.188. The Kier molecular flexibility index (Phi) is 4.23. The third-order valence-electron chi connectivity index (χ3n) is 3.48. The zero-order chi connectivity index (χ0) is 17.3. The van der Waals surface area contributed by atoms with E-state index in [9.17, 15) is 22.0 Å². The van der Waals surface area contributed by atoms with Gasteiger partial charge < -0.3 is 5.32 Å². The van der Waals surface area contributed by atoms with Gasteiger partial charge in [0.2, 0.25) is 5.91 Å². The molecule has 0 spiro atoms. The third-order valence-corrected chi connectivity index (χ3v) is 4.84. The maximum atomic E-state index is 13.2. The van der Waals surface area contributed by atoms with Crippen molar-refractivity contribution in [2.45, 2.75) is 17.7 Å². The molecule has 0 unspecified atom stereocenters. The van der Waals surface area contributed by atoms with Crippen LogP contribution in [0, 0.1) is 17.6 Å². The molecule has 0 radical (unpaired) electrons. The van der Waals surface area contributed by atoms with Crippen LogP contribution < -0.4 is 10.0 Å². The zero-order valence-corrected chi connectivity index (χ0v) is 13.2. The number of rotatable bonds is 5. The molecule has 0 aromatic heterocycles. The van der Waals surface area contributed by atoms with E-state index in [1.54, 1.807) is 12.1 Å². The number of sulfonamides is 1. The molecule has 2 aromatic carbocycles. The average molecular weight is 352 g/mol. The average Bonchev–Trinajstić information content (AvgIpc) is 3.30. The summed E-state index contributed by atoms with van der Waals surface area (Å²) in [6.07, 6.45) is 1.70. The largest absolute Gasteiger partial charge is 0.326 e. The molecule has 0 bridgehead atoms. The van der Waals surface area contributed by atoms with Crippen molar-refractivity contribution in [1.29, 1.82) is 0 Å². The molecular weight excluding hydrogens is 338 g/mol. The van der Waals surface area contributed by atoms with Crippen LogP contribution in [0.5, 0.6) is 0 Å². The van der Waals surface area contributed by atoms with E-state index in [0.29, 0.717) is 11.8 Å². The highest BCUT2D eigenvalue weighted by Crippen LogP contribution is 2.30.